The maximum Gasteiger partial charge on any atom is 0.149 e. The molecule has 7 heteroatoms. The fourth-order valence-electron chi connectivity index (χ4n) is 12.9. The van der Waals surface area contributed by atoms with E-state index in [-0.39, 0.29) is 22.0 Å². The summed E-state index contributed by atoms with van der Waals surface area (Å²) in [5.41, 5.74) is 19.4. The third kappa shape index (κ3) is 8.02. The topological polar surface area (TPSA) is 60.3 Å². The monoisotopic (exact) mass is 1080 g/mol. The molecule has 82 heavy (non-hydrogen) atoms. The number of phenols is 1. The first-order valence-electron chi connectivity index (χ1n) is 29.0. The van der Waals surface area contributed by atoms with Crippen molar-refractivity contribution in [2.45, 2.75) is 98.2 Å². The molecule has 0 saturated heterocycles. The maximum atomic E-state index is 12.8. The number of imidazole rings is 1. The number of pyridine rings is 1. The first-order valence-corrected chi connectivity index (χ1v) is 32.5. The summed E-state index contributed by atoms with van der Waals surface area (Å²) in [4.78, 5) is 11.2. The van der Waals surface area contributed by atoms with Crippen LogP contribution in [-0.2, 0) is 16.2 Å². The summed E-state index contributed by atoms with van der Waals surface area (Å²) in [6, 6.07) is 69.3. The van der Waals surface area contributed by atoms with Crippen molar-refractivity contribution in [3.63, 3.8) is 0 Å². The zero-order chi connectivity index (χ0) is 56.9. The van der Waals surface area contributed by atoms with Crippen molar-refractivity contribution in [3.05, 3.63) is 211 Å². The zero-order valence-corrected chi connectivity index (χ0v) is 50.2. The lowest BCUT2D eigenvalue weighted by molar-refractivity contribution is 0.446. The molecule has 14 aromatic rings. The SMILES string of the molecule is CC(C)(C)c1cc(-c2cccc3c2nc(-c2cc(C(C)(C)C)cc(C(C)(C)C)c2O)n3-c2ccc([Si](C)(C)C)cc2-c2ccccc2)cc(-c2nccc3c2c2ccccc2n3-c2ccc3c(c2)c2cccc4c5ccccc5n3c42)c1. The highest BCUT2D eigenvalue weighted by molar-refractivity contribution is 6.88. The summed E-state index contributed by atoms with van der Waals surface area (Å²) >= 11 is 0. The van der Waals surface area contributed by atoms with Gasteiger partial charge in [0.1, 0.15) is 11.6 Å². The van der Waals surface area contributed by atoms with E-state index in [2.05, 4.69) is 284 Å². The largest absolute Gasteiger partial charge is 0.507 e. The van der Waals surface area contributed by atoms with Crippen LogP contribution in [0.4, 0.5) is 0 Å². The highest BCUT2D eigenvalue weighted by Gasteiger charge is 2.31. The van der Waals surface area contributed by atoms with E-state index in [4.69, 9.17) is 9.97 Å². The van der Waals surface area contributed by atoms with Crippen LogP contribution in [0.2, 0.25) is 19.6 Å². The Hall–Kier alpha value is -8.78. The van der Waals surface area contributed by atoms with Crippen molar-refractivity contribution in [3.8, 4) is 62.0 Å². The Kier molecular flexibility index (Phi) is 11.3. The van der Waals surface area contributed by atoms with Crippen LogP contribution in [0.3, 0.4) is 0 Å². The molecule has 404 valence electrons. The molecule has 1 N–H and O–H groups in total. The second kappa shape index (κ2) is 18.1. The van der Waals surface area contributed by atoms with E-state index in [0.29, 0.717) is 11.4 Å². The fraction of sp³-hybridized carbons (Fsp3) is 0.200. The number of rotatable bonds is 7. The molecule has 0 unspecified atom stereocenters. The molecular weight excluding hydrogens is 1010 g/mol. The van der Waals surface area contributed by atoms with Gasteiger partial charge in [0.25, 0.3) is 0 Å². The first kappa shape index (κ1) is 51.4. The van der Waals surface area contributed by atoms with Crippen LogP contribution in [0.25, 0.3) is 127 Å². The van der Waals surface area contributed by atoms with Gasteiger partial charge in [-0.2, -0.15) is 0 Å². The van der Waals surface area contributed by atoms with E-state index in [9.17, 15) is 5.11 Å². The van der Waals surface area contributed by atoms with E-state index in [1.807, 2.05) is 6.20 Å². The quantitative estimate of drug-likeness (QED) is 0.162. The number of nitrogens with zero attached hydrogens (tertiary/aromatic N) is 5. The van der Waals surface area contributed by atoms with Crippen molar-refractivity contribution < 1.29 is 5.11 Å². The second-order valence-corrected chi connectivity index (χ2v) is 32.0. The molecule has 0 atom stereocenters. The van der Waals surface area contributed by atoms with Crippen molar-refractivity contribution >= 4 is 84.2 Å². The first-order chi connectivity index (χ1) is 39.1. The molecule has 0 amide bonds. The number of hydrogen-bond acceptors (Lipinski definition) is 3. The lowest BCUT2D eigenvalue weighted by Crippen LogP contribution is -2.37. The summed E-state index contributed by atoms with van der Waals surface area (Å²) in [7, 11) is -1.76. The number of hydrogen-bond donors (Lipinski definition) is 1. The van der Waals surface area contributed by atoms with Gasteiger partial charge < -0.3 is 14.1 Å². The molecule has 0 saturated carbocycles. The molecule has 0 fully saturated rings. The van der Waals surface area contributed by atoms with E-state index in [0.717, 1.165) is 88.9 Å². The van der Waals surface area contributed by atoms with Gasteiger partial charge in [-0.15, -0.1) is 0 Å². The van der Waals surface area contributed by atoms with Gasteiger partial charge >= 0.3 is 0 Å². The number of benzene rings is 9. The van der Waals surface area contributed by atoms with Gasteiger partial charge in [0.2, 0.25) is 0 Å². The van der Waals surface area contributed by atoms with Crippen molar-refractivity contribution in [2.24, 2.45) is 0 Å². The van der Waals surface area contributed by atoms with Gasteiger partial charge in [-0.3, -0.25) is 9.55 Å². The molecular formula is C75H69N5OSi. The molecule has 5 heterocycles. The van der Waals surface area contributed by atoms with Crippen LogP contribution in [0.1, 0.15) is 79.0 Å². The predicted molar refractivity (Wildman–Crippen MR) is 350 cm³/mol. The van der Waals surface area contributed by atoms with E-state index in [1.165, 1.54) is 48.8 Å². The summed E-state index contributed by atoms with van der Waals surface area (Å²) in [5, 5.41) is 21.5. The summed E-state index contributed by atoms with van der Waals surface area (Å²) < 4.78 is 7.21. The highest BCUT2D eigenvalue weighted by Crippen LogP contribution is 2.48. The Bertz CT molecular complexity index is 4910. The fourth-order valence-corrected chi connectivity index (χ4v) is 14.1. The number of phenolic OH excluding ortho intramolecular Hbond substituents is 1. The molecule has 0 aliphatic carbocycles. The molecule has 9 aromatic carbocycles. The van der Waals surface area contributed by atoms with E-state index >= 15 is 0 Å². The van der Waals surface area contributed by atoms with Gasteiger partial charge in [0, 0.05) is 66.5 Å². The van der Waals surface area contributed by atoms with Crippen LogP contribution in [0.5, 0.6) is 5.75 Å². The second-order valence-electron chi connectivity index (χ2n) is 26.9. The van der Waals surface area contributed by atoms with Crippen LogP contribution in [-0.4, -0.2) is 36.7 Å². The van der Waals surface area contributed by atoms with Crippen LogP contribution >= 0.6 is 0 Å². The summed E-state index contributed by atoms with van der Waals surface area (Å²) in [6.45, 7) is 27.4. The number of aromatic nitrogens is 5. The standard InChI is InChI=1S/C75H69N5OSi/c1-73(2,3)48-39-46(38-47(40-48)68-67-56-25-17-19-30-62(56)78(65(67)36-37-76-68)50-32-34-64-58(43-50)55-28-20-27-54-53-24-16-18-29-61(53)79(64)70(54)55)52-26-21-31-66-69(52)77-72(59-41-49(74(4,5)6)42-60(71(59)81)75(7,8)9)80(66)63-35-33-51(82(10,11)12)44-57(63)45-22-14-13-15-23-45/h13-44,81H,1-12H3. The molecule has 14 rings (SSSR count). The molecule has 0 aliphatic rings. The molecule has 5 aromatic heterocycles. The minimum atomic E-state index is -1.76. The Morgan fingerprint density at radius 3 is 1.80 bits per heavy atom. The minimum absolute atomic E-state index is 0.203. The third-order valence-electron chi connectivity index (χ3n) is 17.3. The zero-order valence-electron chi connectivity index (χ0n) is 49.2. The van der Waals surface area contributed by atoms with Crippen LogP contribution < -0.4 is 5.19 Å². The van der Waals surface area contributed by atoms with Crippen molar-refractivity contribution in [2.75, 3.05) is 0 Å². The van der Waals surface area contributed by atoms with Gasteiger partial charge in [0.05, 0.1) is 63.6 Å². The number of aromatic hydroxyl groups is 1. The number of fused-ring (bicyclic) bond motifs is 10. The smallest absolute Gasteiger partial charge is 0.149 e. The van der Waals surface area contributed by atoms with Gasteiger partial charge in [-0.25, -0.2) is 4.98 Å². The van der Waals surface area contributed by atoms with Gasteiger partial charge in [-0.05, 0) is 105 Å². The lowest BCUT2D eigenvalue weighted by atomic mass is 9.79. The average Bonchev–Trinajstić information content (AvgIpc) is 4.38. The Morgan fingerprint density at radius 2 is 1.07 bits per heavy atom. The third-order valence-corrected chi connectivity index (χ3v) is 19.4. The van der Waals surface area contributed by atoms with Crippen LogP contribution in [0.15, 0.2) is 194 Å². The van der Waals surface area contributed by atoms with Gasteiger partial charge in [0.15, 0.2) is 0 Å². The molecule has 0 bridgehead atoms. The van der Waals surface area contributed by atoms with E-state index < -0.39 is 8.07 Å². The Balaban J connectivity index is 1.02. The average molecular weight is 1080 g/mol. The van der Waals surface area contributed by atoms with E-state index in [1.54, 1.807) is 0 Å². The van der Waals surface area contributed by atoms with Crippen molar-refractivity contribution in [1.82, 2.24) is 23.5 Å². The predicted octanol–water partition coefficient (Wildman–Crippen LogP) is 19.5. The van der Waals surface area contributed by atoms with Crippen LogP contribution in [0, 0.1) is 0 Å². The number of para-hydroxylation sites is 4. The normalized spacial score (nSPS) is 12.9. The Morgan fingerprint density at radius 1 is 0.439 bits per heavy atom. The molecule has 0 radical (unpaired) electrons. The molecule has 6 nitrogen and oxygen atoms in total. The minimum Gasteiger partial charge on any atom is -0.507 e. The lowest BCUT2D eigenvalue weighted by Gasteiger charge is -2.28. The van der Waals surface area contributed by atoms with Gasteiger partial charge in [-0.1, -0.05) is 208 Å². The van der Waals surface area contributed by atoms with Crippen molar-refractivity contribution in [1.29, 1.82) is 0 Å². The summed E-state index contributed by atoms with van der Waals surface area (Å²) in [6.07, 6.45) is 1.98. The molecule has 0 spiro atoms. The highest BCUT2D eigenvalue weighted by atomic mass is 28.3. The maximum absolute atomic E-state index is 12.8. The Labute approximate surface area is 481 Å². The molecule has 0 aliphatic heterocycles. The summed E-state index contributed by atoms with van der Waals surface area (Å²) in [5.74, 6) is 0.959.